The van der Waals surface area contributed by atoms with Crippen LogP contribution in [0.25, 0.3) is 0 Å². The van der Waals surface area contributed by atoms with Gasteiger partial charge in [-0.05, 0) is 42.5 Å². The maximum atomic E-state index is 5.30. The smallest absolute Gasteiger partial charge is 0.118 e. The molecule has 4 heteroatoms. The quantitative estimate of drug-likeness (QED) is 0.602. The Balaban J connectivity index is 1.63. The fourth-order valence-electron chi connectivity index (χ4n) is 4.41. The molecule has 0 saturated carbocycles. The fourth-order valence-corrected chi connectivity index (χ4v) is 4.41. The number of benzene rings is 2. The second-order valence-corrected chi connectivity index (χ2v) is 7.86. The van der Waals surface area contributed by atoms with Crippen LogP contribution in [0.3, 0.4) is 0 Å². The SMILES string of the molecule is CCN(CC)N1CCN(C(CCc2ccc(OC)cc2)Cc2ccccc2)CC1. The van der Waals surface area contributed by atoms with E-state index in [4.69, 9.17) is 4.74 Å². The minimum absolute atomic E-state index is 0.582. The van der Waals surface area contributed by atoms with Gasteiger partial charge in [-0.15, -0.1) is 0 Å². The van der Waals surface area contributed by atoms with Gasteiger partial charge in [0.15, 0.2) is 0 Å². The number of nitrogens with zero attached hydrogens (tertiary/aromatic N) is 3. The Kier molecular flexibility index (Phi) is 8.53. The van der Waals surface area contributed by atoms with Crippen LogP contribution in [0.15, 0.2) is 54.6 Å². The van der Waals surface area contributed by atoms with Crippen LogP contribution in [-0.4, -0.2) is 67.3 Å². The molecule has 2 aromatic carbocycles. The molecule has 158 valence electrons. The Hall–Kier alpha value is -1.88. The summed E-state index contributed by atoms with van der Waals surface area (Å²) in [4.78, 5) is 2.72. The van der Waals surface area contributed by atoms with Gasteiger partial charge >= 0.3 is 0 Å². The second kappa shape index (κ2) is 11.3. The van der Waals surface area contributed by atoms with E-state index in [1.807, 2.05) is 0 Å². The van der Waals surface area contributed by atoms with Crippen LogP contribution in [0.1, 0.15) is 31.4 Å². The number of ether oxygens (including phenoxy) is 1. The van der Waals surface area contributed by atoms with Gasteiger partial charge in [0, 0.05) is 45.3 Å². The second-order valence-electron chi connectivity index (χ2n) is 7.86. The molecule has 1 heterocycles. The van der Waals surface area contributed by atoms with E-state index in [9.17, 15) is 0 Å². The van der Waals surface area contributed by atoms with Crippen LogP contribution in [0, 0.1) is 0 Å². The van der Waals surface area contributed by atoms with E-state index < -0.39 is 0 Å². The van der Waals surface area contributed by atoms with Crippen molar-refractivity contribution in [3.63, 3.8) is 0 Å². The van der Waals surface area contributed by atoms with Crippen LogP contribution < -0.4 is 4.74 Å². The Bertz CT molecular complexity index is 692. The van der Waals surface area contributed by atoms with Gasteiger partial charge < -0.3 is 4.74 Å². The summed E-state index contributed by atoms with van der Waals surface area (Å²) in [5.74, 6) is 0.933. The average Bonchev–Trinajstić information content (AvgIpc) is 2.79. The molecule has 0 aliphatic carbocycles. The molecule has 29 heavy (non-hydrogen) atoms. The van der Waals surface area contributed by atoms with Crippen molar-refractivity contribution in [2.24, 2.45) is 0 Å². The molecule has 2 aromatic rings. The molecule has 1 aliphatic heterocycles. The summed E-state index contributed by atoms with van der Waals surface area (Å²) in [6.07, 6.45) is 3.42. The van der Waals surface area contributed by atoms with Crippen LogP contribution in [-0.2, 0) is 12.8 Å². The average molecular weight is 396 g/mol. The van der Waals surface area contributed by atoms with Gasteiger partial charge in [-0.1, -0.05) is 56.3 Å². The van der Waals surface area contributed by atoms with Gasteiger partial charge in [-0.2, -0.15) is 0 Å². The van der Waals surface area contributed by atoms with Crippen molar-refractivity contribution in [1.82, 2.24) is 14.9 Å². The van der Waals surface area contributed by atoms with Crippen molar-refractivity contribution < 1.29 is 4.74 Å². The summed E-state index contributed by atoms with van der Waals surface area (Å²) < 4.78 is 5.30. The molecular weight excluding hydrogens is 358 g/mol. The van der Waals surface area contributed by atoms with E-state index in [-0.39, 0.29) is 0 Å². The zero-order valence-electron chi connectivity index (χ0n) is 18.4. The zero-order chi connectivity index (χ0) is 20.5. The molecule has 3 rings (SSSR count). The summed E-state index contributed by atoms with van der Waals surface area (Å²) in [5.41, 5.74) is 2.84. The minimum atomic E-state index is 0.582. The summed E-state index contributed by atoms with van der Waals surface area (Å²) in [6.45, 7) is 11.3. The molecule has 1 saturated heterocycles. The van der Waals surface area contributed by atoms with Gasteiger partial charge in [0.1, 0.15) is 5.75 Å². The highest BCUT2D eigenvalue weighted by Gasteiger charge is 2.25. The number of hydrogen-bond donors (Lipinski definition) is 0. The first-order valence-electron chi connectivity index (χ1n) is 11.1. The lowest BCUT2D eigenvalue weighted by Gasteiger charge is -2.43. The van der Waals surface area contributed by atoms with E-state index in [0.717, 1.165) is 57.9 Å². The summed E-state index contributed by atoms with van der Waals surface area (Å²) >= 11 is 0. The largest absolute Gasteiger partial charge is 0.497 e. The van der Waals surface area contributed by atoms with Crippen molar-refractivity contribution in [2.45, 2.75) is 39.2 Å². The van der Waals surface area contributed by atoms with Crippen molar-refractivity contribution in [3.05, 3.63) is 65.7 Å². The highest BCUT2D eigenvalue weighted by molar-refractivity contribution is 5.27. The molecule has 4 nitrogen and oxygen atoms in total. The highest BCUT2D eigenvalue weighted by atomic mass is 16.5. The zero-order valence-corrected chi connectivity index (χ0v) is 18.4. The summed E-state index contributed by atoms with van der Waals surface area (Å²) in [6, 6.07) is 20.1. The molecule has 0 radical (unpaired) electrons. The molecular formula is C25H37N3O. The summed E-state index contributed by atoms with van der Waals surface area (Å²) in [5, 5.41) is 5.01. The Labute approximate surface area is 177 Å². The number of hydrazine groups is 1. The first-order valence-corrected chi connectivity index (χ1v) is 11.1. The predicted octanol–water partition coefficient (Wildman–Crippen LogP) is 4.11. The molecule has 0 N–H and O–H groups in total. The monoisotopic (exact) mass is 395 g/mol. The third-order valence-corrected chi connectivity index (χ3v) is 6.18. The molecule has 0 bridgehead atoms. The molecule has 0 spiro atoms. The van der Waals surface area contributed by atoms with E-state index in [1.165, 1.54) is 17.5 Å². The lowest BCUT2D eigenvalue weighted by atomic mass is 9.97. The van der Waals surface area contributed by atoms with Crippen molar-refractivity contribution >= 4 is 0 Å². The lowest BCUT2D eigenvalue weighted by Crippen LogP contribution is -2.56. The first-order chi connectivity index (χ1) is 14.2. The van der Waals surface area contributed by atoms with Crippen LogP contribution >= 0.6 is 0 Å². The Morgan fingerprint density at radius 2 is 1.52 bits per heavy atom. The highest BCUT2D eigenvalue weighted by Crippen LogP contribution is 2.19. The molecule has 1 aliphatic rings. The molecule has 1 unspecified atom stereocenters. The van der Waals surface area contributed by atoms with Gasteiger partial charge in [0.25, 0.3) is 0 Å². The van der Waals surface area contributed by atoms with Crippen LogP contribution in [0.4, 0.5) is 0 Å². The molecule has 0 aromatic heterocycles. The number of aryl methyl sites for hydroxylation is 1. The Morgan fingerprint density at radius 1 is 0.862 bits per heavy atom. The van der Waals surface area contributed by atoms with E-state index >= 15 is 0 Å². The summed E-state index contributed by atoms with van der Waals surface area (Å²) in [7, 11) is 1.72. The fraction of sp³-hybridized carbons (Fsp3) is 0.520. The molecule has 0 amide bonds. The van der Waals surface area contributed by atoms with Gasteiger partial charge in [0.05, 0.1) is 7.11 Å². The standard InChI is InChI=1S/C25H37N3O/c1-4-27(5-2)28-19-17-26(18-20-28)24(21-23-9-7-6-8-10-23)14-11-22-12-15-25(29-3)16-13-22/h6-10,12-13,15-16,24H,4-5,11,14,17-21H2,1-3H3. The maximum Gasteiger partial charge on any atom is 0.118 e. The Morgan fingerprint density at radius 3 is 2.10 bits per heavy atom. The van der Waals surface area contributed by atoms with Crippen molar-refractivity contribution in [1.29, 1.82) is 0 Å². The van der Waals surface area contributed by atoms with Crippen molar-refractivity contribution in [3.8, 4) is 5.75 Å². The third kappa shape index (κ3) is 6.30. The number of methoxy groups -OCH3 is 1. The van der Waals surface area contributed by atoms with Crippen LogP contribution in [0.2, 0.25) is 0 Å². The normalized spacial score (nSPS) is 16.8. The molecule has 1 fully saturated rings. The van der Waals surface area contributed by atoms with Crippen molar-refractivity contribution in [2.75, 3.05) is 46.4 Å². The maximum absolute atomic E-state index is 5.30. The minimum Gasteiger partial charge on any atom is -0.497 e. The first kappa shape index (κ1) is 21.8. The van der Waals surface area contributed by atoms with E-state index in [0.29, 0.717) is 6.04 Å². The van der Waals surface area contributed by atoms with E-state index in [1.54, 1.807) is 7.11 Å². The predicted molar refractivity (Wildman–Crippen MR) is 121 cm³/mol. The van der Waals surface area contributed by atoms with Gasteiger partial charge in [-0.3, -0.25) is 4.90 Å². The lowest BCUT2D eigenvalue weighted by molar-refractivity contribution is -0.0583. The van der Waals surface area contributed by atoms with Gasteiger partial charge in [-0.25, -0.2) is 10.0 Å². The van der Waals surface area contributed by atoms with E-state index in [2.05, 4.69) is 83.4 Å². The van der Waals surface area contributed by atoms with Gasteiger partial charge in [0.2, 0.25) is 0 Å². The third-order valence-electron chi connectivity index (χ3n) is 6.18. The van der Waals surface area contributed by atoms with Crippen LogP contribution in [0.5, 0.6) is 5.75 Å². The number of piperazine rings is 1. The topological polar surface area (TPSA) is 19.0 Å². The number of hydrogen-bond acceptors (Lipinski definition) is 4. The molecule has 1 atom stereocenters. The number of rotatable bonds is 10.